The van der Waals surface area contributed by atoms with E-state index in [1.807, 2.05) is 6.07 Å². The number of hydrogen-bond donors (Lipinski definition) is 1. The highest BCUT2D eigenvalue weighted by Crippen LogP contribution is 2.25. The van der Waals surface area contributed by atoms with E-state index < -0.39 is 0 Å². The second-order valence-corrected chi connectivity index (χ2v) is 5.44. The summed E-state index contributed by atoms with van der Waals surface area (Å²) in [7, 11) is 0. The number of ether oxygens (including phenoxy) is 1. The van der Waals surface area contributed by atoms with Gasteiger partial charge in [0.2, 0.25) is 0 Å². The topological polar surface area (TPSA) is 21.3 Å². The Balaban J connectivity index is 2.74. The Hall–Kier alpha value is -1.02. The maximum Gasteiger partial charge on any atom is 0.124 e. The summed E-state index contributed by atoms with van der Waals surface area (Å²) in [5.41, 5.74) is 1.25. The molecule has 0 aliphatic carbocycles. The Labute approximate surface area is 112 Å². The van der Waals surface area contributed by atoms with Gasteiger partial charge in [-0.15, -0.1) is 0 Å². The Bertz CT molecular complexity index is 349. The maximum absolute atomic E-state index is 5.89. The predicted molar refractivity (Wildman–Crippen MR) is 78.1 cm³/mol. The SMILES string of the molecule is CC[C@H](C)N[C@@H](C)c1ccccc1OCC(C)C. The van der Waals surface area contributed by atoms with Crippen LogP contribution in [-0.2, 0) is 0 Å². The number of benzene rings is 1. The summed E-state index contributed by atoms with van der Waals surface area (Å²) >= 11 is 0. The van der Waals surface area contributed by atoms with Crippen molar-refractivity contribution in [2.75, 3.05) is 6.61 Å². The molecule has 0 radical (unpaired) electrons. The van der Waals surface area contributed by atoms with Crippen molar-refractivity contribution >= 4 is 0 Å². The molecule has 0 aromatic heterocycles. The fourth-order valence-electron chi connectivity index (χ4n) is 1.86. The van der Waals surface area contributed by atoms with Gasteiger partial charge in [-0.3, -0.25) is 0 Å². The summed E-state index contributed by atoms with van der Waals surface area (Å²) in [4.78, 5) is 0. The van der Waals surface area contributed by atoms with Gasteiger partial charge in [0, 0.05) is 17.6 Å². The molecular weight excluding hydrogens is 222 g/mol. The maximum atomic E-state index is 5.89. The van der Waals surface area contributed by atoms with Gasteiger partial charge < -0.3 is 10.1 Å². The van der Waals surface area contributed by atoms with E-state index >= 15 is 0 Å². The van der Waals surface area contributed by atoms with E-state index in [-0.39, 0.29) is 0 Å². The van der Waals surface area contributed by atoms with Crippen LogP contribution in [0.4, 0.5) is 0 Å². The van der Waals surface area contributed by atoms with Crippen LogP contribution in [0.15, 0.2) is 24.3 Å². The molecule has 1 rings (SSSR count). The fraction of sp³-hybridized carbons (Fsp3) is 0.625. The van der Waals surface area contributed by atoms with E-state index in [4.69, 9.17) is 4.74 Å². The average molecular weight is 249 g/mol. The van der Waals surface area contributed by atoms with Crippen molar-refractivity contribution in [3.05, 3.63) is 29.8 Å². The molecule has 0 bridgehead atoms. The molecule has 102 valence electrons. The molecule has 2 nitrogen and oxygen atoms in total. The van der Waals surface area contributed by atoms with Crippen LogP contribution in [0.1, 0.15) is 52.6 Å². The normalized spacial score (nSPS) is 14.6. The summed E-state index contributed by atoms with van der Waals surface area (Å²) in [6.45, 7) is 11.7. The van der Waals surface area contributed by atoms with Crippen LogP contribution < -0.4 is 10.1 Å². The third-order valence-electron chi connectivity index (χ3n) is 3.10. The Kier molecular flexibility index (Phi) is 6.20. The molecule has 0 aliphatic rings. The fourth-order valence-corrected chi connectivity index (χ4v) is 1.86. The Morgan fingerprint density at radius 3 is 2.39 bits per heavy atom. The van der Waals surface area contributed by atoms with Gasteiger partial charge in [-0.1, -0.05) is 39.0 Å². The molecule has 18 heavy (non-hydrogen) atoms. The van der Waals surface area contributed by atoms with E-state index in [0.29, 0.717) is 18.0 Å². The minimum atomic E-state index is 0.323. The molecule has 0 saturated heterocycles. The molecule has 1 aromatic rings. The number of rotatable bonds is 7. The first kappa shape index (κ1) is 15.0. The third-order valence-corrected chi connectivity index (χ3v) is 3.10. The molecular formula is C16H27NO. The lowest BCUT2D eigenvalue weighted by Crippen LogP contribution is -2.28. The minimum absolute atomic E-state index is 0.323. The van der Waals surface area contributed by atoms with Crippen LogP contribution in [0.3, 0.4) is 0 Å². The molecule has 0 spiro atoms. The second-order valence-electron chi connectivity index (χ2n) is 5.44. The number of para-hydroxylation sites is 1. The lowest BCUT2D eigenvalue weighted by atomic mass is 10.1. The minimum Gasteiger partial charge on any atom is -0.493 e. The first-order valence-corrected chi connectivity index (χ1v) is 7.02. The van der Waals surface area contributed by atoms with E-state index in [9.17, 15) is 0 Å². The molecule has 1 N–H and O–H groups in total. The summed E-state index contributed by atoms with van der Waals surface area (Å²) < 4.78 is 5.89. The average Bonchev–Trinajstić information content (AvgIpc) is 2.36. The smallest absolute Gasteiger partial charge is 0.124 e. The van der Waals surface area contributed by atoms with Gasteiger partial charge in [0.25, 0.3) is 0 Å². The largest absolute Gasteiger partial charge is 0.493 e. The standard InChI is InChI=1S/C16H27NO/c1-6-13(4)17-14(5)15-9-7-8-10-16(15)18-11-12(2)3/h7-10,12-14,17H,6,11H2,1-5H3/t13-,14-/m0/s1. The van der Waals surface area contributed by atoms with Gasteiger partial charge in [-0.25, -0.2) is 0 Å². The molecule has 2 heteroatoms. The number of nitrogens with one attached hydrogen (secondary N) is 1. The van der Waals surface area contributed by atoms with E-state index in [2.05, 4.69) is 58.1 Å². The van der Waals surface area contributed by atoms with Crippen LogP contribution in [-0.4, -0.2) is 12.6 Å². The molecule has 2 atom stereocenters. The third kappa shape index (κ3) is 4.69. The lowest BCUT2D eigenvalue weighted by molar-refractivity contribution is 0.265. The summed E-state index contributed by atoms with van der Waals surface area (Å²) in [5, 5.41) is 3.59. The monoisotopic (exact) mass is 249 g/mol. The van der Waals surface area contributed by atoms with Crippen molar-refractivity contribution in [1.82, 2.24) is 5.32 Å². The van der Waals surface area contributed by atoms with Crippen molar-refractivity contribution < 1.29 is 4.74 Å². The molecule has 0 heterocycles. The molecule has 0 aliphatic heterocycles. The molecule has 0 unspecified atom stereocenters. The van der Waals surface area contributed by atoms with Crippen molar-refractivity contribution in [1.29, 1.82) is 0 Å². The summed E-state index contributed by atoms with van der Waals surface area (Å²) in [6, 6.07) is 9.17. The zero-order chi connectivity index (χ0) is 13.5. The van der Waals surface area contributed by atoms with Crippen LogP contribution in [0.2, 0.25) is 0 Å². The van der Waals surface area contributed by atoms with Crippen molar-refractivity contribution in [3.8, 4) is 5.75 Å². The second kappa shape index (κ2) is 7.42. The molecule has 0 amide bonds. The lowest BCUT2D eigenvalue weighted by Gasteiger charge is -2.22. The first-order valence-electron chi connectivity index (χ1n) is 7.02. The van der Waals surface area contributed by atoms with E-state index in [0.717, 1.165) is 18.8 Å². The van der Waals surface area contributed by atoms with Crippen molar-refractivity contribution in [3.63, 3.8) is 0 Å². The quantitative estimate of drug-likeness (QED) is 0.783. The van der Waals surface area contributed by atoms with Gasteiger partial charge in [-0.2, -0.15) is 0 Å². The van der Waals surface area contributed by atoms with Crippen LogP contribution >= 0.6 is 0 Å². The van der Waals surface area contributed by atoms with Crippen molar-refractivity contribution in [2.24, 2.45) is 5.92 Å². The van der Waals surface area contributed by atoms with Crippen LogP contribution in [0.5, 0.6) is 5.75 Å². The van der Waals surface area contributed by atoms with Crippen molar-refractivity contribution in [2.45, 2.75) is 53.1 Å². The van der Waals surface area contributed by atoms with Gasteiger partial charge >= 0.3 is 0 Å². The molecule has 0 saturated carbocycles. The van der Waals surface area contributed by atoms with Gasteiger partial charge in [0.15, 0.2) is 0 Å². The van der Waals surface area contributed by atoms with E-state index in [1.54, 1.807) is 0 Å². The highest BCUT2D eigenvalue weighted by Gasteiger charge is 2.13. The van der Waals surface area contributed by atoms with E-state index in [1.165, 1.54) is 5.56 Å². The highest BCUT2D eigenvalue weighted by atomic mass is 16.5. The molecule has 0 fully saturated rings. The zero-order valence-electron chi connectivity index (χ0n) is 12.4. The summed E-state index contributed by atoms with van der Waals surface area (Å²) in [6.07, 6.45) is 1.14. The Morgan fingerprint density at radius 2 is 1.78 bits per heavy atom. The first-order chi connectivity index (χ1) is 8.54. The summed E-state index contributed by atoms with van der Waals surface area (Å²) in [5.74, 6) is 1.56. The van der Waals surface area contributed by atoms with Gasteiger partial charge in [0.05, 0.1) is 6.61 Å². The predicted octanol–water partition coefficient (Wildman–Crippen LogP) is 4.17. The highest BCUT2D eigenvalue weighted by molar-refractivity contribution is 5.35. The number of hydrogen-bond acceptors (Lipinski definition) is 2. The zero-order valence-corrected chi connectivity index (χ0v) is 12.4. The van der Waals surface area contributed by atoms with Gasteiger partial charge in [0.1, 0.15) is 5.75 Å². The van der Waals surface area contributed by atoms with Gasteiger partial charge in [-0.05, 0) is 32.3 Å². The Morgan fingerprint density at radius 1 is 1.11 bits per heavy atom. The molecule has 1 aromatic carbocycles. The van der Waals surface area contributed by atoms with Crippen LogP contribution in [0.25, 0.3) is 0 Å². The van der Waals surface area contributed by atoms with Crippen LogP contribution in [0, 0.1) is 5.92 Å².